The summed E-state index contributed by atoms with van der Waals surface area (Å²) in [7, 11) is 0. The van der Waals surface area contributed by atoms with Gasteiger partial charge in [-0.1, -0.05) is 0 Å². The third-order valence-electron chi connectivity index (χ3n) is 0. The fraction of sp³-hybridized carbons (Fsp3) is 0. The van der Waals surface area contributed by atoms with Gasteiger partial charge in [0.05, 0.1) is 0 Å². The molecule has 0 rings (SSSR count). The van der Waals surface area contributed by atoms with E-state index in [0.717, 1.165) is 0 Å². The predicted octanol–water partition coefficient (Wildman–Crippen LogP) is -0.807. The second kappa shape index (κ2) is 37.8. The van der Waals surface area contributed by atoms with E-state index < -0.39 is 0 Å². The maximum Gasteiger partial charge on any atom is 0 e. The molecule has 0 atom stereocenters. The van der Waals surface area contributed by atoms with Gasteiger partial charge in [-0.3, -0.25) is 10.5 Å². The standard InChI is InChI=1S/H2O2.H2O.2U/c1-2;;;/h1-2H;1H2;;. The maximum absolute atomic E-state index is 6.00. The Labute approximate surface area is 77.1 Å². The Morgan fingerprint density at radius 2 is 0.800 bits per heavy atom. The van der Waals surface area contributed by atoms with E-state index in [-0.39, 0.29) is 67.7 Å². The van der Waals surface area contributed by atoms with Crippen molar-refractivity contribution in [1.29, 1.82) is 0 Å². The largest absolute Gasteiger partial charge is 0.412 e. The zero-order chi connectivity index (χ0) is 2.00. The van der Waals surface area contributed by atoms with Gasteiger partial charge in [0.15, 0.2) is 0 Å². The molecule has 3 nitrogen and oxygen atoms in total. The first-order valence-electron chi connectivity index (χ1n) is 0.200. The predicted molar refractivity (Wildman–Crippen MR) is 8.87 cm³/mol. The molecule has 0 radical (unpaired) electrons. The summed E-state index contributed by atoms with van der Waals surface area (Å²) in [5, 5.41) is 12.0. The van der Waals surface area contributed by atoms with Crippen molar-refractivity contribution in [2.75, 3.05) is 0 Å². The fourth-order valence-electron chi connectivity index (χ4n) is 0. The van der Waals surface area contributed by atoms with Crippen molar-refractivity contribution in [2.24, 2.45) is 0 Å². The number of hydrogen-bond donors (Lipinski definition) is 2. The van der Waals surface area contributed by atoms with Crippen molar-refractivity contribution in [2.45, 2.75) is 0 Å². The minimum atomic E-state index is 0. The molecule has 0 heterocycles. The summed E-state index contributed by atoms with van der Waals surface area (Å²) in [5.74, 6) is 0. The molecule has 0 aromatic heterocycles. The van der Waals surface area contributed by atoms with Crippen molar-refractivity contribution in [3.8, 4) is 0 Å². The molecule has 0 unspecified atom stereocenters. The average molecular weight is 528 g/mol. The molecule has 0 aromatic rings. The molecule has 0 saturated heterocycles. The molecular formula is H4O3U2. The Kier molecular flexibility index (Phi) is 212. The van der Waals surface area contributed by atoms with E-state index in [2.05, 4.69) is 0 Å². The van der Waals surface area contributed by atoms with Crippen LogP contribution in [-0.4, -0.2) is 16.0 Å². The fourth-order valence-corrected chi connectivity index (χ4v) is 0. The van der Waals surface area contributed by atoms with E-state index in [1.165, 1.54) is 0 Å². The Morgan fingerprint density at radius 1 is 0.800 bits per heavy atom. The van der Waals surface area contributed by atoms with Gasteiger partial charge in [0.2, 0.25) is 0 Å². The molecule has 30 valence electrons. The summed E-state index contributed by atoms with van der Waals surface area (Å²) in [6.45, 7) is 0. The molecule has 0 aromatic carbocycles. The van der Waals surface area contributed by atoms with Crippen LogP contribution in [0.15, 0.2) is 0 Å². The van der Waals surface area contributed by atoms with Gasteiger partial charge >= 0.3 is 0 Å². The molecule has 5 heteroatoms. The van der Waals surface area contributed by atoms with Crippen LogP contribution in [0.5, 0.6) is 0 Å². The van der Waals surface area contributed by atoms with Crippen LogP contribution in [-0.2, 0) is 0 Å². The first-order valence-corrected chi connectivity index (χ1v) is 0.200. The molecule has 0 aliphatic heterocycles. The first-order chi connectivity index (χ1) is 1.00. The summed E-state index contributed by atoms with van der Waals surface area (Å²) >= 11 is 0. The van der Waals surface area contributed by atoms with Crippen molar-refractivity contribution in [3.05, 3.63) is 0 Å². The SMILES string of the molecule is O.OO.[U].[U]. The van der Waals surface area contributed by atoms with Crippen LogP contribution in [0.1, 0.15) is 0 Å². The molecule has 0 amide bonds. The summed E-state index contributed by atoms with van der Waals surface area (Å²) in [4.78, 5) is 0. The minimum Gasteiger partial charge on any atom is -0.412 e. The second-order valence-corrected chi connectivity index (χ2v) is 0. The van der Waals surface area contributed by atoms with Crippen molar-refractivity contribution >= 4 is 0 Å². The van der Waals surface area contributed by atoms with Gasteiger partial charge < -0.3 is 5.48 Å². The maximum atomic E-state index is 6.00. The third-order valence-corrected chi connectivity index (χ3v) is 0. The summed E-state index contributed by atoms with van der Waals surface area (Å²) in [5.41, 5.74) is 0. The van der Waals surface area contributed by atoms with Gasteiger partial charge in [0.1, 0.15) is 0 Å². The normalized spacial score (nSPS) is 1.20. The molecule has 5 heavy (non-hydrogen) atoms. The molecule has 0 spiro atoms. The third kappa shape index (κ3) is 24.1. The average Bonchev–Trinajstić information content (AvgIpc) is 1.00. The van der Waals surface area contributed by atoms with Crippen LogP contribution in [0.4, 0.5) is 0 Å². The molecule has 0 saturated carbocycles. The Morgan fingerprint density at radius 3 is 0.800 bits per heavy atom. The summed E-state index contributed by atoms with van der Waals surface area (Å²) < 4.78 is 0. The van der Waals surface area contributed by atoms with Gasteiger partial charge in [-0.15, -0.1) is 0 Å². The minimum absolute atomic E-state index is 0. The van der Waals surface area contributed by atoms with Gasteiger partial charge in [-0.2, -0.15) is 0 Å². The van der Waals surface area contributed by atoms with Gasteiger partial charge in [0, 0.05) is 62.2 Å². The van der Waals surface area contributed by atoms with Crippen molar-refractivity contribution in [1.82, 2.24) is 0 Å². The Hall–Kier alpha value is 1.98. The van der Waals surface area contributed by atoms with E-state index >= 15 is 0 Å². The van der Waals surface area contributed by atoms with Crippen LogP contribution in [0.25, 0.3) is 0 Å². The van der Waals surface area contributed by atoms with E-state index in [9.17, 15) is 0 Å². The van der Waals surface area contributed by atoms with Crippen LogP contribution in [0.2, 0.25) is 0 Å². The monoisotopic (exact) mass is 528 g/mol. The number of hydrogen-bond acceptors (Lipinski definition) is 2. The molecular weight excluding hydrogens is 524 g/mol. The Balaban J connectivity index is -0.00000000167. The smallest absolute Gasteiger partial charge is 0 e. The topological polar surface area (TPSA) is 72.0 Å². The molecule has 0 aliphatic carbocycles. The second-order valence-electron chi connectivity index (χ2n) is 0. The van der Waals surface area contributed by atoms with Gasteiger partial charge in [-0.05, 0) is 0 Å². The van der Waals surface area contributed by atoms with Crippen LogP contribution >= 0.6 is 0 Å². The van der Waals surface area contributed by atoms with E-state index in [1.807, 2.05) is 0 Å². The zero-order valence-electron chi connectivity index (χ0n) is 2.39. The first kappa shape index (κ1) is 28.1. The molecule has 0 fully saturated rings. The quantitative estimate of drug-likeness (QED) is 0.320. The summed E-state index contributed by atoms with van der Waals surface area (Å²) in [6, 6.07) is 0. The zero-order valence-corrected chi connectivity index (χ0v) is 10.7. The Bertz CT molecular complexity index is 4.85. The number of rotatable bonds is 0. The van der Waals surface area contributed by atoms with E-state index in [4.69, 9.17) is 10.5 Å². The van der Waals surface area contributed by atoms with Gasteiger partial charge in [-0.25, -0.2) is 0 Å². The van der Waals surface area contributed by atoms with Crippen LogP contribution in [0.3, 0.4) is 0 Å². The van der Waals surface area contributed by atoms with E-state index in [1.54, 1.807) is 0 Å². The van der Waals surface area contributed by atoms with Gasteiger partial charge in [0.25, 0.3) is 0 Å². The molecule has 0 aliphatic rings. The van der Waals surface area contributed by atoms with Crippen LogP contribution in [0, 0.1) is 62.2 Å². The van der Waals surface area contributed by atoms with E-state index in [0.29, 0.717) is 0 Å². The van der Waals surface area contributed by atoms with Crippen LogP contribution < -0.4 is 0 Å². The van der Waals surface area contributed by atoms with Crippen molar-refractivity contribution < 1.29 is 78.2 Å². The molecule has 4 N–H and O–H groups in total. The summed E-state index contributed by atoms with van der Waals surface area (Å²) in [6.07, 6.45) is 0. The molecule has 0 bridgehead atoms. The van der Waals surface area contributed by atoms with Crippen molar-refractivity contribution in [3.63, 3.8) is 0 Å².